The van der Waals surface area contributed by atoms with Gasteiger partial charge < -0.3 is 9.64 Å². The predicted octanol–water partition coefficient (Wildman–Crippen LogP) is 4.85. The van der Waals surface area contributed by atoms with E-state index in [9.17, 15) is 9.59 Å². The number of aryl methyl sites for hydroxylation is 1. The van der Waals surface area contributed by atoms with Crippen LogP contribution in [0.5, 0.6) is 5.75 Å². The Balaban J connectivity index is 1.77. The average Bonchev–Trinajstić information content (AvgIpc) is 3.11. The number of benzene rings is 3. The van der Waals surface area contributed by atoms with Gasteiger partial charge in [0.05, 0.1) is 12.8 Å². The molecule has 0 spiro atoms. The molecule has 1 aliphatic rings. The lowest BCUT2D eigenvalue weighted by atomic mass is 9.74. The Morgan fingerprint density at radius 2 is 1.63 bits per heavy atom. The monoisotopic (exact) mass is 399 g/mol. The highest BCUT2D eigenvalue weighted by Crippen LogP contribution is 2.43. The Kier molecular flexibility index (Phi) is 5.40. The largest absolute Gasteiger partial charge is 0.495 e. The van der Waals surface area contributed by atoms with Crippen molar-refractivity contribution in [3.05, 3.63) is 95.6 Å². The number of rotatable bonds is 6. The van der Waals surface area contributed by atoms with Gasteiger partial charge in [-0.2, -0.15) is 0 Å². The number of hydrogen-bond acceptors (Lipinski definition) is 3. The molecule has 4 rings (SSSR count). The average molecular weight is 399 g/mol. The quantitative estimate of drug-likeness (QED) is 0.440. The first-order chi connectivity index (χ1) is 14.5. The summed E-state index contributed by atoms with van der Waals surface area (Å²) in [5.41, 5.74) is 2.21. The van der Waals surface area contributed by atoms with E-state index in [4.69, 9.17) is 4.74 Å². The van der Waals surface area contributed by atoms with Crippen molar-refractivity contribution in [1.82, 2.24) is 0 Å². The Morgan fingerprint density at radius 1 is 0.967 bits per heavy atom. The molecule has 1 heterocycles. The van der Waals surface area contributed by atoms with Crippen LogP contribution < -0.4 is 9.64 Å². The Bertz CT molecular complexity index is 1060. The third-order valence-corrected chi connectivity index (χ3v) is 5.89. The van der Waals surface area contributed by atoms with E-state index in [1.807, 2.05) is 85.8 Å². The number of hydrogen-bond donors (Lipinski definition) is 0. The van der Waals surface area contributed by atoms with Crippen molar-refractivity contribution >= 4 is 17.4 Å². The van der Waals surface area contributed by atoms with E-state index in [2.05, 4.69) is 0 Å². The number of methoxy groups -OCH3 is 1. The number of carbonyl (C=O) groups is 2. The Hall–Kier alpha value is -3.40. The number of carbonyl (C=O) groups excluding carboxylic acids is 2. The number of amides is 1. The fourth-order valence-corrected chi connectivity index (χ4v) is 4.23. The first-order valence-electron chi connectivity index (χ1n) is 10.2. The molecule has 1 atom stereocenters. The van der Waals surface area contributed by atoms with Crippen molar-refractivity contribution < 1.29 is 14.3 Å². The normalized spacial score (nSPS) is 18.5. The molecular weight excluding hydrogens is 374 g/mol. The summed E-state index contributed by atoms with van der Waals surface area (Å²) in [5, 5.41) is 0. The van der Waals surface area contributed by atoms with Crippen LogP contribution in [0.2, 0.25) is 0 Å². The minimum Gasteiger partial charge on any atom is -0.495 e. The van der Waals surface area contributed by atoms with E-state index in [0.29, 0.717) is 36.4 Å². The molecule has 1 amide bonds. The van der Waals surface area contributed by atoms with Gasteiger partial charge in [0.2, 0.25) is 5.91 Å². The van der Waals surface area contributed by atoms with Gasteiger partial charge in [-0.05, 0) is 37.5 Å². The van der Waals surface area contributed by atoms with Gasteiger partial charge in [-0.1, -0.05) is 72.3 Å². The van der Waals surface area contributed by atoms with E-state index >= 15 is 0 Å². The minimum absolute atomic E-state index is 0.117. The standard InChI is InChI=1S/C26H25NO3/c1-19-12-14-21(15-13-19)24(28)26(18-20-8-4-3-5-9-20)16-17-27(25(26)29)22-10-6-7-11-23(22)30-2/h3-15H,16-18H2,1-2H3. The second-order valence-electron chi connectivity index (χ2n) is 7.82. The van der Waals surface area contributed by atoms with Crippen molar-refractivity contribution in [1.29, 1.82) is 0 Å². The fourth-order valence-electron chi connectivity index (χ4n) is 4.23. The number of Topliss-reactive ketones (excluding diaryl/α,β-unsaturated/α-hetero) is 1. The van der Waals surface area contributed by atoms with Crippen LogP contribution in [0, 0.1) is 12.3 Å². The number of ether oxygens (including phenoxy) is 1. The van der Waals surface area contributed by atoms with Gasteiger partial charge in [0.25, 0.3) is 0 Å². The zero-order valence-corrected chi connectivity index (χ0v) is 17.3. The van der Waals surface area contributed by atoms with Gasteiger partial charge in [0, 0.05) is 12.1 Å². The van der Waals surface area contributed by atoms with Crippen LogP contribution in [-0.2, 0) is 11.2 Å². The zero-order valence-electron chi connectivity index (χ0n) is 17.3. The number of nitrogens with zero attached hydrogens (tertiary/aromatic N) is 1. The summed E-state index contributed by atoms with van der Waals surface area (Å²) in [6.45, 7) is 2.46. The molecule has 1 aliphatic heterocycles. The van der Waals surface area contributed by atoms with Crippen LogP contribution in [0.4, 0.5) is 5.69 Å². The first kappa shape index (κ1) is 19.9. The lowest BCUT2D eigenvalue weighted by Crippen LogP contribution is -2.42. The fraction of sp³-hybridized carbons (Fsp3) is 0.231. The molecule has 4 heteroatoms. The molecular formula is C26H25NO3. The smallest absolute Gasteiger partial charge is 0.241 e. The van der Waals surface area contributed by atoms with Gasteiger partial charge in [0.1, 0.15) is 11.2 Å². The molecule has 30 heavy (non-hydrogen) atoms. The van der Waals surface area contributed by atoms with Crippen molar-refractivity contribution in [2.75, 3.05) is 18.6 Å². The van der Waals surface area contributed by atoms with Gasteiger partial charge >= 0.3 is 0 Å². The van der Waals surface area contributed by atoms with Gasteiger partial charge in [-0.15, -0.1) is 0 Å². The summed E-state index contributed by atoms with van der Waals surface area (Å²) < 4.78 is 5.47. The number of ketones is 1. The van der Waals surface area contributed by atoms with Crippen LogP contribution in [0.15, 0.2) is 78.9 Å². The summed E-state index contributed by atoms with van der Waals surface area (Å²) >= 11 is 0. The second-order valence-corrected chi connectivity index (χ2v) is 7.82. The van der Waals surface area contributed by atoms with Crippen molar-refractivity contribution in [2.45, 2.75) is 19.8 Å². The van der Waals surface area contributed by atoms with E-state index in [-0.39, 0.29) is 11.7 Å². The topological polar surface area (TPSA) is 46.6 Å². The molecule has 3 aromatic carbocycles. The van der Waals surface area contributed by atoms with Crippen LogP contribution in [-0.4, -0.2) is 25.3 Å². The third-order valence-electron chi connectivity index (χ3n) is 5.89. The summed E-state index contributed by atoms with van der Waals surface area (Å²) in [7, 11) is 1.59. The molecule has 1 unspecified atom stereocenters. The third kappa shape index (κ3) is 3.50. The zero-order chi connectivity index (χ0) is 21.1. The lowest BCUT2D eigenvalue weighted by Gasteiger charge is -2.27. The molecule has 1 fully saturated rings. The molecule has 0 aromatic heterocycles. The van der Waals surface area contributed by atoms with Crippen LogP contribution in [0.1, 0.15) is 27.9 Å². The number of para-hydroxylation sites is 2. The van der Waals surface area contributed by atoms with Crippen molar-refractivity contribution in [3.63, 3.8) is 0 Å². The molecule has 0 bridgehead atoms. The van der Waals surface area contributed by atoms with Crippen LogP contribution in [0.3, 0.4) is 0 Å². The summed E-state index contributed by atoms with van der Waals surface area (Å²) in [5.74, 6) is 0.347. The molecule has 0 saturated carbocycles. The molecule has 0 N–H and O–H groups in total. The van der Waals surface area contributed by atoms with Gasteiger partial charge in [0.15, 0.2) is 5.78 Å². The van der Waals surface area contributed by atoms with Crippen LogP contribution in [0.25, 0.3) is 0 Å². The molecule has 3 aromatic rings. The van der Waals surface area contributed by atoms with Gasteiger partial charge in [-0.3, -0.25) is 9.59 Å². The second kappa shape index (κ2) is 8.15. The van der Waals surface area contributed by atoms with Gasteiger partial charge in [-0.25, -0.2) is 0 Å². The summed E-state index contributed by atoms with van der Waals surface area (Å²) in [6, 6.07) is 24.7. The van der Waals surface area contributed by atoms with Crippen molar-refractivity contribution in [3.8, 4) is 5.75 Å². The minimum atomic E-state index is -1.13. The lowest BCUT2D eigenvalue weighted by molar-refractivity contribution is -0.123. The maximum absolute atomic E-state index is 13.8. The maximum atomic E-state index is 13.8. The van der Waals surface area contributed by atoms with Crippen molar-refractivity contribution in [2.24, 2.45) is 5.41 Å². The molecule has 0 aliphatic carbocycles. The molecule has 1 saturated heterocycles. The molecule has 0 radical (unpaired) electrons. The number of anilines is 1. The highest BCUT2D eigenvalue weighted by molar-refractivity contribution is 6.20. The van der Waals surface area contributed by atoms with E-state index in [1.54, 1.807) is 12.0 Å². The molecule has 4 nitrogen and oxygen atoms in total. The van der Waals surface area contributed by atoms with Crippen LogP contribution >= 0.6 is 0 Å². The van der Waals surface area contributed by atoms with E-state index in [1.165, 1.54) is 0 Å². The van der Waals surface area contributed by atoms with E-state index < -0.39 is 5.41 Å². The highest BCUT2D eigenvalue weighted by Gasteiger charge is 2.53. The Labute approximate surface area is 177 Å². The summed E-state index contributed by atoms with van der Waals surface area (Å²) in [4.78, 5) is 29.3. The highest BCUT2D eigenvalue weighted by atomic mass is 16.5. The predicted molar refractivity (Wildman–Crippen MR) is 118 cm³/mol. The molecule has 152 valence electrons. The maximum Gasteiger partial charge on any atom is 0.241 e. The summed E-state index contributed by atoms with van der Waals surface area (Å²) in [6.07, 6.45) is 0.844. The Morgan fingerprint density at radius 3 is 2.33 bits per heavy atom. The van der Waals surface area contributed by atoms with E-state index in [0.717, 1.165) is 11.1 Å². The SMILES string of the molecule is COc1ccccc1N1CCC(Cc2ccccc2)(C(=O)c2ccc(C)cc2)C1=O. The first-order valence-corrected chi connectivity index (χ1v) is 10.2.